The molecule has 0 bridgehead atoms. The van der Waals surface area contributed by atoms with Crippen LogP contribution >= 0.6 is 15.9 Å². The van der Waals surface area contributed by atoms with E-state index in [0.717, 1.165) is 5.56 Å². The zero-order valence-corrected chi connectivity index (χ0v) is 17.5. The minimum Gasteiger partial charge on any atom is -0.508 e. The summed E-state index contributed by atoms with van der Waals surface area (Å²) in [6.07, 6.45) is 4.04. The third-order valence-electron chi connectivity index (χ3n) is 4.14. The fourth-order valence-electron chi connectivity index (χ4n) is 2.63. The molecule has 2 aromatic carbocycles. The van der Waals surface area contributed by atoms with Gasteiger partial charge in [0.15, 0.2) is 0 Å². The van der Waals surface area contributed by atoms with Crippen molar-refractivity contribution >= 4 is 39.8 Å². The first-order chi connectivity index (χ1) is 14.8. The maximum Gasteiger partial charge on any atom is 0.352 e. The minimum absolute atomic E-state index is 0.104. The Bertz CT molecular complexity index is 1160. The second-order valence-corrected chi connectivity index (χ2v) is 7.23. The Morgan fingerprint density at radius 2 is 1.94 bits per heavy atom. The number of amides is 2. The van der Waals surface area contributed by atoms with Crippen molar-refractivity contribution in [1.82, 2.24) is 20.6 Å². The first-order valence-electron chi connectivity index (χ1n) is 8.94. The van der Waals surface area contributed by atoms with Crippen LogP contribution in [-0.2, 0) is 11.3 Å². The molecule has 0 saturated heterocycles. The van der Waals surface area contributed by atoms with Gasteiger partial charge in [0.2, 0.25) is 0 Å². The number of hydrogen-bond donors (Lipinski definition) is 5. The summed E-state index contributed by atoms with van der Waals surface area (Å²) in [4.78, 5) is 42.9. The van der Waals surface area contributed by atoms with E-state index in [9.17, 15) is 24.6 Å². The Labute approximate surface area is 185 Å². The zero-order chi connectivity index (χ0) is 22.4. The molecule has 2 amide bonds. The van der Waals surface area contributed by atoms with E-state index < -0.39 is 11.9 Å². The average molecular weight is 485 g/mol. The quantitative estimate of drug-likeness (QED) is 0.326. The van der Waals surface area contributed by atoms with Gasteiger partial charge in [0, 0.05) is 16.6 Å². The van der Waals surface area contributed by atoms with Crippen LogP contribution in [0.5, 0.6) is 5.75 Å². The molecule has 0 unspecified atom stereocenters. The molecular weight excluding hydrogens is 468 g/mol. The summed E-state index contributed by atoms with van der Waals surface area (Å²) in [5.41, 5.74) is 1.26. The van der Waals surface area contributed by atoms with E-state index >= 15 is 0 Å². The molecule has 0 aliphatic rings. The number of nitrogens with one attached hydrogen (secondary N) is 3. The van der Waals surface area contributed by atoms with Gasteiger partial charge >= 0.3 is 5.97 Å². The third kappa shape index (κ3) is 5.80. The van der Waals surface area contributed by atoms with E-state index in [1.807, 2.05) is 0 Å². The van der Waals surface area contributed by atoms with E-state index in [1.54, 1.807) is 18.2 Å². The number of aromatic nitrogens is 2. The molecule has 3 aromatic rings. The number of carboxylic acid groups (broad SMARTS) is 1. The summed E-state index contributed by atoms with van der Waals surface area (Å²) in [5.74, 6) is -2.25. The molecule has 0 spiro atoms. The Balaban J connectivity index is 1.69. The highest BCUT2D eigenvalue weighted by Gasteiger charge is 2.17. The number of H-pyrrole nitrogens is 1. The number of nitrogens with zero attached hydrogens (tertiary/aromatic N) is 1. The molecule has 5 N–H and O–H groups in total. The van der Waals surface area contributed by atoms with Gasteiger partial charge in [0.05, 0.1) is 23.8 Å². The molecule has 10 heteroatoms. The molecule has 31 heavy (non-hydrogen) atoms. The number of carbonyl (C=O) groups is 3. The molecule has 0 aliphatic carbocycles. The normalized spacial score (nSPS) is 11.1. The van der Waals surface area contributed by atoms with Crippen molar-refractivity contribution < 1.29 is 24.6 Å². The maximum atomic E-state index is 12.5. The molecule has 0 saturated carbocycles. The standard InChI is InChI=1S/C21H17BrN4O5/c22-17-7-13(19(28)24-9-12-2-1-3-15(27)6-12)4-5-16(17)20(29)26-18(21(30)31)8-14-10-23-11-25-14/h1-8,10-11,27H,9H2,(H,23,25)(H,24,28)(H,26,29)(H,30,31)/b18-8+. The van der Waals surface area contributed by atoms with Gasteiger partial charge in [-0.3, -0.25) is 9.59 Å². The van der Waals surface area contributed by atoms with Crippen molar-refractivity contribution in [2.75, 3.05) is 0 Å². The van der Waals surface area contributed by atoms with E-state index in [4.69, 9.17) is 0 Å². The number of aromatic hydroxyl groups is 1. The number of phenolic OH excluding ortho intramolecular Hbond substituents is 1. The van der Waals surface area contributed by atoms with Gasteiger partial charge in [-0.05, 0) is 57.9 Å². The van der Waals surface area contributed by atoms with Crippen molar-refractivity contribution in [3.8, 4) is 5.75 Å². The van der Waals surface area contributed by atoms with Crippen molar-refractivity contribution in [3.63, 3.8) is 0 Å². The van der Waals surface area contributed by atoms with Crippen LogP contribution in [0.4, 0.5) is 0 Å². The summed E-state index contributed by atoms with van der Waals surface area (Å²) >= 11 is 3.25. The third-order valence-corrected chi connectivity index (χ3v) is 4.79. The smallest absolute Gasteiger partial charge is 0.352 e. The largest absolute Gasteiger partial charge is 0.508 e. The zero-order valence-electron chi connectivity index (χ0n) is 15.9. The number of aliphatic carboxylic acids is 1. The number of carbonyl (C=O) groups excluding carboxylic acids is 2. The SMILES string of the molecule is O=C(O)/C(=C\c1cnc[nH]1)NC(=O)c1ccc(C(=O)NCc2cccc(O)c2)cc1Br. The fourth-order valence-corrected chi connectivity index (χ4v) is 3.19. The average Bonchev–Trinajstić information content (AvgIpc) is 3.24. The molecule has 0 aliphatic heterocycles. The lowest BCUT2D eigenvalue weighted by molar-refractivity contribution is -0.132. The van der Waals surface area contributed by atoms with E-state index in [0.29, 0.717) is 15.7 Å². The molecular formula is C21H17BrN4O5. The van der Waals surface area contributed by atoms with Gasteiger partial charge in [-0.15, -0.1) is 0 Å². The number of imidazole rings is 1. The minimum atomic E-state index is -1.32. The highest BCUT2D eigenvalue weighted by atomic mass is 79.9. The van der Waals surface area contributed by atoms with Crippen LogP contribution in [-0.4, -0.2) is 38.0 Å². The van der Waals surface area contributed by atoms with E-state index in [1.165, 1.54) is 42.9 Å². The Hall–Kier alpha value is -3.92. The van der Waals surface area contributed by atoms with Crippen LogP contribution in [0.3, 0.4) is 0 Å². The molecule has 9 nitrogen and oxygen atoms in total. The number of hydrogen-bond acceptors (Lipinski definition) is 5. The van der Waals surface area contributed by atoms with Gasteiger partial charge in [-0.1, -0.05) is 12.1 Å². The number of aromatic amines is 1. The van der Waals surface area contributed by atoms with Crippen LogP contribution in [0, 0.1) is 0 Å². The van der Waals surface area contributed by atoms with Crippen LogP contribution in [0.25, 0.3) is 6.08 Å². The summed E-state index contributed by atoms with van der Waals surface area (Å²) in [5, 5.41) is 23.9. The molecule has 0 atom stereocenters. The number of halogens is 1. The highest BCUT2D eigenvalue weighted by Crippen LogP contribution is 2.20. The lowest BCUT2D eigenvalue weighted by atomic mass is 10.1. The Morgan fingerprint density at radius 1 is 1.13 bits per heavy atom. The molecule has 3 rings (SSSR count). The number of carboxylic acids is 1. The van der Waals surface area contributed by atoms with Gasteiger partial charge in [0.1, 0.15) is 11.4 Å². The fraction of sp³-hybridized carbons (Fsp3) is 0.0476. The van der Waals surface area contributed by atoms with Gasteiger partial charge in [-0.2, -0.15) is 0 Å². The van der Waals surface area contributed by atoms with Crippen LogP contribution < -0.4 is 10.6 Å². The summed E-state index contributed by atoms with van der Waals surface area (Å²) in [7, 11) is 0. The van der Waals surface area contributed by atoms with Crippen molar-refractivity contribution in [3.05, 3.63) is 87.5 Å². The first-order valence-corrected chi connectivity index (χ1v) is 9.73. The lowest BCUT2D eigenvalue weighted by Gasteiger charge is -2.10. The van der Waals surface area contributed by atoms with Crippen LogP contribution in [0.1, 0.15) is 32.0 Å². The predicted octanol–water partition coefficient (Wildman–Crippen LogP) is 2.66. The monoisotopic (exact) mass is 484 g/mol. The second-order valence-electron chi connectivity index (χ2n) is 6.37. The van der Waals surface area contributed by atoms with Crippen molar-refractivity contribution in [2.45, 2.75) is 6.54 Å². The molecule has 1 aromatic heterocycles. The predicted molar refractivity (Wildman–Crippen MR) is 115 cm³/mol. The summed E-state index contributed by atoms with van der Waals surface area (Å²) < 4.78 is 0.321. The Morgan fingerprint density at radius 3 is 2.58 bits per heavy atom. The highest BCUT2D eigenvalue weighted by molar-refractivity contribution is 9.10. The van der Waals surface area contributed by atoms with Crippen LogP contribution in [0.15, 0.2) is 65.2 Å². The first kappa shape index (κ1) is 21.8. The topological polar surface area (TPSA) is 144 Å². The number of phenols is 1. The summed E-state index contributed by atoms with van der Waals surface area (Å²) in [6, 6.07) is 10.8. The van der Waals surface area contributed by atoms with Crippen LogP contribution in [0.2, 0.25) is 0 Å². The lowest BCUT2D eigenvalue weighted by Crippen LogP contribution is -2.28. The molecule has 0 fully saturated rings. The molecule has 0 radical (unpaired) electrons. The number of benzene rings is 2. The van der Waals surface area contributed by atoms with Gasteiger partial charge < -0.3 is 25.8 Å². The summed E-state index contributed by atoms with van der Waals surface area (Å²) in [6.45, 7) is 0.216. The Kier molecular flexibility index (Phi) is 6.83. The van der Waals surface area contributed by atoms with Crippen molar-refractivity contribution in [2.24, 2.45) is 0 Å². The van der Waals surface area contributed by atoms with Gasteiger partial charge in [0.25, 0.3) is 11.8 Å². The molecule has 1 heterocycles. The van der Waals surface area contributed by atoms with Crippen molar-refractivity contribution in [1.29, 1.82) is 0 Å². The molecule has 158 valence electrons. The second kappa shape index (κ2) is 9.72. The van der Waals surface area contributed by atoms with E-state index in [2.05, 4.69) is 36.5 Å². The number of rotatable bonds is 7. The van der Waals surface area contributed by atoms with Gasteiger partial charge in [-0.25, -0.2) is 9.78 Å². The maximum absolute atomic E-state index is 12.5. The van der Waals surface area contributed by atoms with E-state index in [-0.39, 0.29) is 29.5 Å².